The van der Waals surface area contributed by atoms with E-state index in [-0.39, 0.29) is 30.2 Å². The molecule has 1 amide bonds. The van der Waals surface area contributed by atoms with Crippen LogP contribution in [-0.4, -0.2) is 70.6 Å². The van der Waals surface area contributed by atoms with Crippen LogP contribution >= 0.6 is 0 Å². The lowest BCUT2D eigenvalue weighted by Gasteiger charge is -2.37. The Balaban J connectivity index is 1.30. The number of esters is 1. The number of halogens is 1. The monoisotopic (exact) mass is 497 g/mol. The van der Waals surface area contributed by atoms with Crippen LogP contribution in [0.3, 0.4) is 0 Å². The molecular formula is C27H32FN3O5. The zero-order valence-electron chi connectivity index (χ0n) is 20.3. The molecule has 2 heterocycles. The fourth-order valence-electron chi connectivity index (χ4n) is 4.94. The van der Waals surface area contributed by atoms with Crippen LogP contribution in [0.15, 0.2) is 48.5 Å². The second-order valence-electron chi connectivity index (χ2n) is 9.65. The van der Waals surface area contributed by atoms with E-state index >= 15 is 4.39 Å². The van der Waals surface area contributed by atoms with Crippen molar-refractivity contribution in [1.29, 1.82) is 0 Å². The number of piperidine rings is 1. The van der Waals surface area contributed by atoms with E-state index in [0.717, 1.165) is 11.1 Å². The molecule has 0 saturated carbocycles. The zero-order chi connectivity index (χ0) is 25.8. The van der Waals surface area contributed by atoms with Gasteiger partial charge in [-0.3, -0.25) is 19.3 Å². The first kappa shape index (κ1) is 25.8. The predicted molar refractivity (Wildman–Crippen MR) is 131 cm³/mol. The van der Waals surface area contributed by atoms with E-state index in [1.54, 1.807) is 24.3 Å². The molecule has 8 nitrogen and oxygen atoms in total. The third kappa shape index (κ3) is 6.09. The van der Waals surface area contributed by atoms with Crippen molar-refractivity contribution in [2.24, 2.45) is 5.73 Å². The summed E-state index contributed by atoms with van der Waals surface area (Å²) in [5, 5.41) is 8.79. The van der Waals surface area contributed by atoms with Gasteiger partial charge in [-0.2, -0.15) is 0 Å². The number of likely N-dealkylation sites (tertiary alicyclic amines) is 2. The van der Waals surface area contributed by atoms with Gasteiger partial charge in [0.15, 0.2) is 0 Å². The molecule has 0 aromatic heterocycles. The molecule has 2 unspecified atom stereocenters. The highest BCUT2D eigenvalue weighted by atomic mass is 19.1. The molecule has 4 atom stereocenters. The van der Waals surface area contributed by atoms with Crippen molar-refractivity contribution < 1.29 is 28.6 Å². The molecule has 0 aliphatic carbocycles. The third-order valence-electron chi connectivity index (χ3n) is 7.02. The van der Waals surface area contributed by atoms with Crippen LogP contribution in [0.5, 0.6) is 5.75 Å². The van der Waals surface area contributed by atoms with Crippen LogP contribution in [0.1, 0.15) is 41.9 Å². The van der Waals surface area contributed by atoms with Crippen molar-refractivity contribution in [3.63, 3.8) is 0 Å². The number of amides is 1. The lowest BCUT2D eigenvalue weighted by atomic mass is 9.87. The number of rotatable bonds is 8. The molecule has 2 aliphatic heterocycles. The summed E-state index contributed by atoms with van der Waals surface area (Å²) in [6.07, 6.45) is -0.284. The molecule has 2 saturated heterocycles. The van der Waals surface area contributed by atoms with Crippen LogP contribution in [-0.2, 0) is 20.9 Å². The Labute approximate surface area is 209 Å². The number of carboxylic acid groups (broad SMARTS) is 1. The van der Waals surface area contributed by atoms with E-state index in [4.69, 9.17) is 15.6 Å². The summed E-state index contributed by atoms with van der Waals surface area (Å²) in [7, 11) is 0. The third-order valence-corrected chi connectivity index (χ3v) is 7.02. The number of benzene rings is 2. The number of ether oxygens (including phenoxy) is 1. The summed E-state index contributed by atoms with van der Waals surface area (Å²) < 4.78 is 20.4. The normalized spacial score (nSPS) is 23.5. The average molecular weight is 498 g/mol. The van der Waals surface area contributed by atoms with Crippen LogP contribution in [0.2, 0.25) is 0 Å². The van der Waals surface area contributed by atoms with Gasteiger partial charge in [0.25, 0.3) is 0 Å². The number of hydrogen-bond acceptors (Lipinski definition) is 6. The Morgan fingerprint density at radius 1 is 1.11 bits per heavy atom. The first-order chi connectivity index (χ1) is 17.2. The molecular weight excluding hydrogens is 465 g/mol. The minimum Gasteiger partial charge on any atom is -0.480 e. The fraction of sp³-hybridized carbons (Fsp3) is 0.444. The van der Waals surface area contributed by atoms with Crippen LogP contribution in [0.25, 0.3) is 0 Å². The molecule has 36 heavy (non-hydrogen) atoms. The van der Waals surface area contributed by atoms with E-state index in [2.05, 4.69) is 0 Å². The van der Waals surface area contributed by atoms with Crippen LogP contribution < -0.4 is 10.5 Å². The Morgan fingerprint density at radius 2 is 1.81 bits per heavy atom. The maximum absolute atomic E-state index is 15.3. The van der Waals surface area contributed by atoms with E-state index in [0.29, 0.717) is 32.5 Å². The largest absolute Gasteiger partial charge is 0.480 e. The number of nitrogens with zero attached hydrogens (tertiary/aromatic N) is 2. The van der Waals surface area contributed by atoms with E-state index in [9.17, 15) is 14.4 Å². The zero-order valence-corrected chi connectivity index (χ0v) is 20.3. The summed E-state index contributed by atoms with van der Waals surface area (Å²) in [5.74, 6) is -2.02. The molecule has 0 radical (unpaired) electrons. The quantitative estimate of drug-likeness (QED) is 0.426. The van der Waals surface area contributed by atoms with Gasteiger partial charge < -0.3 is 20.5 Å². The van der Waals surface area contributed by atoms with Gasteiger partial charge in [-0.05, 0) is 49.6 Å². The molecule has 9 heteroatoms. The topological polar surface area (TPSA) is 113 Å². The fourth-order valence-corrected chi connectivity index (χ4v) is 4.94. The molecule has 192 valence electrons. The van der Waals surface area contributed by atoms with Gasteiger partial charge in [0.1, 0.15) is 18.0 Å². The molecule has 0 bridgehead atoms. The Bertz CT molecular complexity index is 1090. The van der Waals surface area contributed by atoms with Gasteiger partial charge in [0, 0.05) is 25.6 Å². The second kappa shape index (κ2) is 11.2. The van der Waals surface area contributed by atoms with E-state index < -0.39 is 30.6 Å². The van der Waals surface area contributed by atoms with Gasteiger partial charge in [-0.15, -0.1) is 0 Å². The summed E-state index contributed by atoms with van der Waals surface area (Å²) in [5.41, 5.74) is 8.42. The molecule has 2 aromatic carbocycles. The number of carbonyl (C=O) groups is 3. The SMILES string of the molecule is Cc1ccc(CN2CCC(N3CC[C@@H](c4ccc(OC(=O)CC(N)C(=O)O)cc4)[C@H](F)C3)C2=O)cc1. The van der Waals surface area contributed by atoms with Gasteiger partial charge in [-0.1, -0.05) is 42.0 Å². The van der Waals surface area contributed by atoms with Crippen molar-refractivity contribution in [2.45, 2.75) is 56.9 Å². The number of hydrogen-bond donors (Lipinski definition) is 2. The number of alkyl halides is 1. The molecule has 2 fully saturated rings. The maximum Gasteiger partial charge on any atom is 0.321 e. The first-order valence-corrected chi connectivity index (χ1v) is 12.2. The number of carbonyl (C=O) groups excluding carboxylic acids is 2. The highest BCUT2D eigenvalue weighted by Gasteiger charge is 2.40. The summed E-state index contributed by atoms with van der Waals surface area (Å²) in [6.45, 7) is 4.10. The number of aryl methyl sites for hydroxylation is 1. The first-order valence-electron chi connectivity index (χ1n) is 12.2. The van der Waals surface area contributed by atoms with Gasteiger partial charge in [0.2, 0.25) is 5.91 Å². The summed E-state index contributed by atoms with van der Waals surface area (Å²) >= 11 is 0. The Morgan fingerprint density at radius 3 is 2.44 bits per heavy atom. The van der Waals surface area contributed by atoms with Crippen LogP contribution in [0, 0.1) is 6.92 Å². The number of aliphatic carboxylic acids is 1. The molecule has 4 rings (SSSR count). The van der Waals surface area contributed by atoms with E-state index in [1.807, 2.05) is 41.0 Å². The summed E-state index contributed by atoms with van der Waals surface area (Å²) in [4.78, 5) is 39.5. The van der Waals surface area contributed by atoms with Gasteiger partial charge >= 0.3 is 11.9 Å². The van der Waals surface area contributed by atoms with E-state index in [1.165, 1.54) is 5.56 Å². The molecule has 2 aromatic rings. The highest BCUT2D eigenvalue weighted by molar-refractivity contribution is 5.84. The van der Waals surface area contributed by atoms with Gasteiger partial charge in [-0.25, -0.2) is 4.39 Å². The molecule has 3 N–H and O–H groups in total. The Hall–Kier alpha value is -3.30. The molecule has 0 spiro atoms. The standard InChI is InChI=1S/C27H32FN3O5/c1-17-2-4-18(5-3-17)15-31-13-11-24(26(31)33)30-12-10-21(22(28)16-30)19-6-8-20(9-7-19)36-25(32)14-23(29)27(34)35/h2-9,21-24H,10-16,29H2,1H3,(H,34,35)/t21-,22+,23?,24?/m0/s1. The Kier molecular flexibility index (Phi) is 8.01. The smallest absolute Gasteiger partial charge is 0.321 e. The summed E-state index contributed by atoms with van der Waals surface area (Å²) in [6, 6.07) is 13.1. The maximum atomic E-state index is 15.3. The lowest BCUT2D eigenvalue weighted by molar-refractivity contribution is -0.143. The average Bonchev–Trinajstić information content (AvgIpc) is 3.20. The van der Waals surface area contributed by atoms with Crippen molar-refractivity contribution in [3.05, 3.63) is 65.2 Å². The van der Waals surface area contributed by atoms with Crippen molar-refractivity contribution >= 4 is 17.8 Å². The molecule has 2 aliphatic rings. The number of carboxylic acids is 1. The van der Waals surface area contributed by atoms with Gasteiger partial charge in [0.05, 0.1) is 12.5 Å². The van der Waals surface area contributed by atoms with Crippen molar-refractivity contribution in [2.75, 3.05) is 19.6 Å². The van der Waals surface area contributed by atoms with Crippen molar-refractivity contribution in [1.82, 2.24) is 9.80 Å². The highest BCUT2D eigenvalue weighted by Crippen LogP contribution is 2.34. The second-order valence-corrected chi connectivity index (χ2v) is 9.65. The lowest BCUT2D eigenvalue weighted by Crippen LogP contribution is -2.49. The number of nitrogens with two attached hydrogens (primary N) is 1. The predicted octanol–water partition coefficient (Wildman–Crippen LogP) is 2.63. The van der Waals surface area contributed by atoms with Crippen molar-refractivity contribution in [3.8, 4) is 5.75 Å². The minimum atomic E-state index is -1.32. The van der Waals surface area contributed by atoms with Crippen LogP contribution in [0.4, 0.5) is 4.39 Å². The minimum absolute atomic E-state index is 0.0648.